The highest BCUT2D eigenvalue weighted by atomic mass is 16.5. The number of hydrogen-bond acceptors (Lipinski definition) is 1. The zero-order valence-electron chi connectivity index (χ0n) is 10.9. The monoisotopic (exact) mass is 230 g/mol. The van der Waals surface area contributed by atoms with Gasteiger partial charge in [-0.15, -0.1) is 0 Å². The van der Waals surface area contributed by atoms with Crippen LogP contribution in [0.5, 0.6) is 0 Å². The maximum Gasteiger partial charge on any atom is 0.0615 e. The van der Waals surface area contributed by atoms with E-state index in [1.54, 1.807) is 0 Å². The van der Waals surface area contributed by atoms with E-state index >= 15 is 0 Å². The number of rotatable bonds is 1. The predicted octanol–water partition coefficient (Wildman–Crippen LogP) is 3.78. The van der Waals surface area contributed by atoms with Crippen molar-refractivity contribution < 1.29 is 4.74 Å². The van der Waals surface area contributed by atoms with E-state index in [4.69, 9.17) is 4.74 Å². The van der Waals surface area contributed by atoms with Gasteiger partial charge in [0.15, 0.2) is 0 Å². The standard InChI is InChI=1S/C16H22O/c1-12-11-17-15-10-16(2,9-8-14(12)15)13-6-4-3-5-7-13/h3-7,12,14-15H,8-11H2,1-2H3/t12?,14-,15?,16?/m0/s1. The van der Waals surface area contributed by atoms with Gasteiger partial charge in [0.05, 0.1) is 6.10 Å². The maximum absolute atomic E-state index is 5.99. The average Bonchev–Trinajstić information content (AvgIpc) is 2.71. The third kappa shape index (κ3) is 1.91. The topological polar surface area (TPSA) is 9.23 Å². The van der Waals surface area contributed by atoms with E-state index in [-0.39, 0.29) is 0 Å². The van der Waals surface area contributed by atoms with Crippen LogP contribution < -0.4 is 0 Å². The highest BCUT2D eigenvalue weighted by Gasteiger charge is 2.44. The zero-order chi connectivity index (χ0) is 11.9. The number of ether oxygens (including phenoxy) is 1. The molecule has 92 valence electrons. The number of benzene rings is 1. The van der Waals surface area contributed by atoms with Gasteiger partial charge in [0.2, 0.25) is 0 Å². The van der Waals surface area contributed by atoms with Gasteiger partial charge in [-0.3, -0.25) is 0 Å². The fourth-order valence-electron chi connectivity index (χ4n) is 3.70. The molecule has 1 heterocycles. The van der Waals surface area contributed by atoms with Gasteiger partial charge >= 0.3 is 0 Å². The van der Waals surface area contributed by atoms with Crippen LogP contribution in [0.25, 0.3) is 0 Å². The summed E-state index contributed by atoms with van der Waals surface area (Å²) in [6.45, 7) is 5.72. The van der Waals surface area contributed by atoms with Crippen molar-refractivity contribution in [2.24, 2.45) is 11.8 Å². The Labute approximate surface area is 104 Å². The molecule has 1 aromatic rings. The summed E-state index contributed by atoms with van der Waals surface area (Å²) in [7, 11) is 0. The van der Waals surface area contributed by atoms with Crippen molar-refractivity contribution in [2.45, 2.75) is 44.6 Å². The van der Waals surface area contributed by atoms with Crippen molar-refractivity contribution in [3.8, 4) is 0 Å². The molecular formula is C16H22O. The Morgan fingerprint density at radius 1 is 1.24 bits per heavy atom. The van der Waals surface area contributed by atoms with Crippen LogP contribution in [0.4, 0.5) is 0 Å². The summed E-state index contributed by atoms with van der Waals surface area (Å²) in [6, 6.07) is 11.0. The fourth-order valence-corrected chi connectivity index (χ4v) is 3.70. The van der Waals surface area contributed by atoms with Gasteiger partial charge in [0.25, 0.3) is 0 Å². The fraction of sp³-hybridized carbons (Fsp3) is 0.625. The Bertz CT molecular complexity index is 386. The van der Waals surface area contributed by atoms with Crippen LogP contribution in [-0.2, 0) is 10.2 Å². The molecule has 0 radical (unpaired) electrons. The minimum Gasteiger partial charge on any atom is -0.378 e. The van der Waals surface area contributed by atoms with Crippen LogP contribution in [0.3, 0.4) is 0 Å². The molecule has 1 saturated carbocycles. The first kappa shape index (κ1) is 11.3. The van der Waals surface area contributed by atoms with Crippen LogP contribution in [0.15, 0.2) is 30.3 Å². The lowest BCUT2D eigenvalue weighted by atomic mass is 9.65. The molecule has 1 aliphatic carbocycles. The molecule has 0 spiro atoms. The summed E-state index contributed by atoms with van der Waals surface area (Å²) in [5.74, 6) is 1.58. The average molecular weight is 230 g/mol. The van der Waals surface area contributed by atoms with Crippen LogP contribution in [0.1, 0.15) is 38.7 Å². The Morgan fingerprint density at radius 2 is 2.00 bits per heavy atom. The molecule has 0 N–H and O–H groups in total. The lowest BCUT2D eigenvalue weighted by molar-refractivity contribution is 0.0387. The molecule has 1 saturated heterocycles. The first-order valence-corrected chi connectivity index (χ1v) is 6.86. The van der Waals surface area contributed by atoms with Gasteiger partial charge in [-0.2, -0.15) is 0 Å². The SMILES string of the molecule is CC1COC2CC(C)(c3ccccc3)CC[C@@H]12. The number of hydrogen-bond donors (Lipinski definition) is 0. The third-order valence-electron chi connectivity index (χ3n) is 4.93. The zero-order valence-corrected chi connectivity index (χ0v) is 10.9. The Balaban J connectivity index is 1.82. The molecule has 4 atom stereocenters. The van der Waals surface area contributed by atoms with Gasteiger partial charge in [0.1, 0.15) is 0 Å². The molecule has 3 rings (SSSR count). The smallest absolute Gasteiger partial charge is 0.0615 e. The van der Waals surface area contributed by atoms with Crippen LogP contribution in [-0.4, -0.2) is 12.7 Å². The van der Waals surface area contributed by atoms with Crippen LogP contribution in [0.2, 0.25) is 0 Å². The summed E-state index contributed by atoms with van der Waals surface area (Å²) in [6.07, 6.45) is 4.35. The largest absolute Gasteiger partial charge is 0.378 e. The molecule has 3 unspecified atom stereocenters. The van der Waals surface area contributed by atoms with Gasteiger partial charge < -0.3 is 4.74 Å². The molecule has 0 aromatic heterocycles. The normalized spacial score (nSPS) is 41.2. The Hall–Kier alpha value is -0.820. The molecule has 1 nitrogen and oxygen atoms in total. The van der Waals surface area contributed by atoms with E-state index in [0.717, 1.165) is 18.4 Å². The lowest BCUT2D eigenvalue weighted by Gasteiger charge is -2.40. The summed E-state index contributed by atoms with van der Waals surface area (Å²) in [5, 5.41) is 0. The minimum absolute atomic E-state index is 0.326. The highest BCUT2D eigenvalue weighted by Crippen LogP contribution is 2.47. The molecule has 0 bridgehead atoms. The molecule has 1 aromatic carbocycles. The van der Waals surface area contributed by atoms with Crippen LogP contribution in [0, 0.1) is 11.8 Å². The Morgan fingerprint density at radius 3 is 2.76 bits per heavy atom. The van der Waals surface area contributed by atoms with E-state index in [1.807, 2.05) is 0 Å². The summed E-state index contributed by atoms with van der Waals surface area (Å²) < 4.78 is 5.99. The second-order valence-corrected chi connectivity index (χ2v) is 6.18. The van der Waals surface area contributed by atoms with E-state index in [1.165, 1.54) is 24.8 Å². The summed E-state index contributed by atoms with van der Waals surface area (Å²) >= 11 is 0. The summed E-state index contributed by atoms with van der Waals surface area (Å²) in [5.41, 5.74) is 1.81. The Kier molecular flexibility index (Phi) is 2.74. The van der Waals surface area contributed by atoms with E-state index in [2.05, 4.69) is 44.2 Å². The quantitative estimate of drug-likeness (QED) is 0.713. The summed E-state index contributed by atoms with van der Waals surface area (Å²) in [4.78, 5) is 0. The predicted molar refractivity (Wildman–Crippen MR) is 70.0 cm³/mol. The van der Waals surface area contributed by atoms with Crippen molar-refractivity contribution in [1.29, 1.82) is 0 Å². The van der Waals surface area contributed by atoms with E-state index in [9.17, 15) is 0 Å². The molecule has 2 aliphatic rings. The van der Waals surface area contributed by atoms with Gasteiger partial charge in [-0.1, -0.05) is 44.2 Å². The second kappa shape index (κ2) is 4.13. The van der Waals surface area contributed by atoms with Crippen molar-refractivity contribution in [2.75, 3.05) is 6.61 Å². The second-order valence-electron chi connectivity index (χ2n) is 6.18. The first-order valence-electron chi connectivity index (χ1n) is 6.86. The molecule has 1 aliphatic heterocycles. The molecule has 1 heteroatoms. The van der Waals surface area contributed by atoms with Crippen LogP contribution >= 0.6 is 0 Å². The molecule has 17 heavy (non-hydrogen) atoms. The van der Waals surface area contributed by atoms with Crippen molar-refractivity contribution >= 4 is 0 Å². The number of fused-ring (bicyclic) bond motifs is 1. The van der Waals surface area contributed by atoms with Gasteiger partial charge in [-0.25, -0.2) is 0 Å². The first-order chi connectivity index (χ1) is 8.19. The molecular weight excluding hydrogens is 208 g/mol. The maximum atomic E-state index is 5.99. The van der Waals surface area contributed by atoms with E-state index in [0.29, 0.717) is 11.5 Å². The van der Waals surface area contributed by atoms with Crippen molar-refractivity contribution in [3.05, 3.63) is 35.9 Å². The lowest BCUT2D eigenvalue weighted by Crippen LogP contribution is -2.37. The minimum atomic E-state index is 0.326. The van der Waals surface area contributed by atoms with Crippen molar-refractivity contribution in [1.82, 2.24) is 0 Å². The molecule has 2 fully saturated rings. The van der Waals surface area contributed by atoms with Gasteiger partial charge in [-0.05, 0) is 42.1 Å². The van der Waals surface area contributed by atoms with Crippen molar-refractivity contribution in [3.63, 3.8) is 0 Å². The highest BCUT2D eigenvalue weighted by molar-refractivity contribution is 5.25. The molecule has 0 amide bonds. The third-order valence-corrected chi connectivity index (χ3v) is 4.93. The van der Waals surface area contributed by atoms with Gasteiger partial charge in [0, 0.05) is 6.61 Å². The van der Waals surface area contributed by atoms with E-state index < -0.39 is 0 Å².